The maximum Gasteiger partial charge on any atom is 0.337 e. The summed E-state index contributed by atoms with van der Waals surface area (Å²) in [7, 11) is 0. The fourth-order valence-corrected chi connectivity index (χ4v) is 1.52. The smallest absolute Gasteiger partial charge is 0.337 e. The average Bonchev–Trinajstić information content (AvgIpc) is 3.22. The number of nitrogens with one attached hydrogen (secondary N) is 1. The van der Waals surface area contributed by atoms with E-state index in [0.29, 0.717) is 19.1 Å². The number of amides is 1. The zero-order valence-corrected chi connectivity index (χ0v) is 10.5. The molecular weight excluding hydrogens is 248 g/mol. The number of nitrogens with zero attached hydrogens (tertiary/aromatic N) is 1. The summed E-state index contributed by atoms with van der Waals surface area (Å²) in [5.41, 5.74) is 0.261. The Labute approximate surface area is 110 Å². The number of carbonyl (C=O) groups is 2. The number of aromatic nitrogens is 1. The van der Waals surface area contributed by atoms with Crippen LogP contribution in [0.1, 0.15) is 33.7 Å². The SMILES string of the molecule is O=C(O)c1ccc(C(=O)NCCOCC2CC2)nc1. The first-order valence-corrected chi connectivity index (χ1v) is 6.22. The third-order valence-electron chi connectivity index (χ3n) is 2.83. The number of pyridine rings is 1. The maximum absolute atomic E-state index is 11.7. The Kier molecular flexibility index (Phi) is 4.46. The highest BCUT2D eigenvalue weighted by Crippen LogP contribution is 2.28. The van der Waals surface area contributed by atoms with E-state index in [1.807, 2.05) is 0 Å². The van der Waals surface area contributed by atoms with E-state index in [2.05, 4.69) is 10.3 Å². The maximum atomic E-state index is 11.7. The number of hydrogen-bond acceptors (Lipinski definition) is 4. The van der Waals surface area contributed by atoms with Crippen LogP contribution >= 0.6 is 0 Å². The number of carbonyl (C=O) groups excluding carboxylic acids is 1. The Bertz CT molecular complexity index is 454. The van der Waals surface area contributed by atoms with Crippen molar-refractivity contribution in [2.75, 3.05) is 19.8 Å². The molecule has 1 saturated carbocycles. The van der Waals surface area contributed by atoms with E-state index in [1.165, 1.54) is 31.2 Å². The summed E-state index contributed by atoms with van der Waals surface area (Å²) in [5.74, 6) is -0.680. The fourth-order valence-electron chi connectivity index (χ4n) is 1.52. The van der Waals surface area contributed by atoms with Crippen molar-refractivity contribution in [3.05, 3.63) is 29.6 Å². The Hall–Kier alpha value is -1.95. The number of hydrogen-bond donors (Lipinski definition) is 2. The van der Waals surface area contributed by atoms with Gasteiger partial charge in [-0.25, -0.2) is 4.79 Å². The van der Waals surface area contributed by atoms with Gasteiger partial charge < -0.3 is 15.2 Å². The number of aromatic carboxylic acids is 1. The van der Waals surface area contributed by atoms with E-state index in [-0.39, 0.29) is 17.2 Å². The van der Waals surface area contributed by atoms with Crippen LogP contribution in [0, 0.1) is 5.92 Å². The minimum Gasteiger partial charge on any atom is -0.478 e. The van der Waals surface area contributed by atoms with Crippen LogP contribution in [-0.4, -0.2) is 41.7 Å². The van der Waals surface area contributed by atoms with E-state index in [9.17, 15) is 9.59 Å². The standard InChI is InChI=1S/C13H16N2O4/c16-12(14-5-6-19-8-9-1-2-9)11-4-3-10(7-15-11)13(17)18/h3-4,7,9H,1-2,5-6,8H2,(H,14,16)(H,17,18). The molecule has 0 bridgehead atoms. The van der Waals surface area contributed by atoms with Gasteiger partial charge in [0, 0.05) is 19.3 Å². The van der Waals surface area contributed by atoms with Gasteiger partial charge in [-0.15, -0.1) is 0 Å². The second kappa shape index (κ2) is 6.29. The lowest BCUT2D eigenvalue weighted by molar-refractivity contribution is 0.0695. The van der Waals surface area contributed by atoms with Gasteiger partial charge in [0.15, 0.2) is 0 Å². The van der Waals surface area contributed by atoms with Gasteiger partial charge in [-0.05, 0) is 30.9 Å². The molecule has 1 aromatic heterocycles. The second-order valence-electron chi connectivity index (χ2n) is 4.51. The van der Waals surface area contributed by atoms with Crippen LogP contribution < -0.4 is 5.32 Å². The van der Waals surface area contributed by atoms with Crippen molar-refractivity contribution in [3.8, 4) is 0 Å². The van der Waals surface area contributed by atoms with E-state index in [4.69, 9.17) is 9.84 Å². The first kappa shape index (κ1) is 13.5. The summed E-state index contributed by atoms with van der Waals surface area (Å²) in [6.07, 6.45) is 3.65. The molecule has 1 heterocycles. The van der Waals surface area contributed by atoms with Crippen LogP contribution in [0.25, 0.3) is 0 Å². The largest absolute Gasteiger partial charge is 0.478 e. The Balaban J connectivity index is 1.70. The van der Waals surface area contributed by atoms with Crippen molar-refractivity contribution in [3.63, 3.8) is 0 Å². The molecule has 2 rings (SSSR count). The first-order valence-electron chi connectivity index (χ1n) is 6.22. The molecule has 2 N–H and O–H groups in total. The average molecular weight is 264 g/mol. The molecular formula is C13H16N2O4. The van der Waals surface area contributed by atoms with E-state index < -0.39 is 5.97 Å². The van der Waals surface area contributed by atoms with Gasteiger partial charge in [0.1, 0.15) is 5.69 Å². The highest BCUT2D eigenvalue weighted by molar-refractivity contribution is 5.93. The van der Waals surface area contributed by atoms with Crippen molar-refractivity contribution < 1.29 is 19.4 Å². The predicted octanol–water partition coefficient (Wildman–Crippen LogP) is 0.936. The highest BCUT2D eigenvalue weighted by atomic mass is 16.5. The molecule has 0 unspecified atom stereocenters. The molecule has 1 amide bonds. The topological polar surface area (TPSA) is 88.5 Å². The zero-order valence-electron chi connectivity index (χ0n) is 10.5. The van der Waals surface area contributed by atoms with Crippen LogP contribution in [0.2, 0.25) is 0 Å². The minimum atomic E-state index is -1.06. The van der Waals surface area contributed by atoms with Gasteiger partial charge in [-0.2, -0.15) is 0 Å². The van der Waals surface area contributed by atoms with Crippen molar-refractivity contribution in [2.45, 2.75) is 12.8 Å². The van der Waals surface area contributed by atoms with Gasteiger partial charge >= 0.3 is 5.97 Å². The second-order valence-corrected chi connectivity index (χ2v) is 4.51. The highest BCUT2D eigenvalue weighted by Gasteiger charge is 2.20. The molecule has 0 saturated heterocycles. The predicted molar refractivity (Wildman–Crippen MR) is 67.1 cm³/mol. The molecule has 0 aliphatic heterocycles. The van der Waals surface area contributed by atoms with E-state index in [1.54, 1.807) is 0 Å². The lowest BCUT2D eigenvalue weighted by Gasteiger charge is -2.05. The van der Waals surface area contributed by atoms with Crippen molar-refractivity contribution in [1.82, 2.24) is 10.3 Å². The molecule has 1 aliphatic carbocycles. The van der Waals surface area contributed by atoms with E-state index >= 15 is 0 Å². The van der Waals surface area contributed by atoms with Crippen LogP contribution in [0.5, 0.6) is 0 Å². The monoisotopic (exact) mass is 264 g/mol. The van der Waals surface area contributed by atoms with Crippen molar-refractivity contribution >= 4 is 11.9 Å². The van der Waals surface area contributed by atoms with Gasteiger partial charge in [0.2, 0.25) is 0 Å². The van der Waals surface area contributed by atoms with Crippen LogP contribution in [0.4, 0.5) is 0 Å². The van der Waals surface area contributed by atoms with Gasteiger partial charge in [0.25, 0.3) is 5.91 Å². The molecule has 6 heteroatoms. The normalized spacial score (nSPS) is 14.1. The number of carboxylic acid groups (broad SMARTS) is 1. The number of carboxylic acids is 1. The quantitative estimate of drug-likeness (QED) is 0.715. The molecule has 19 heavy (non-hydrogen) atoms. The summed E-state index contributed by atoms with van der Waals surface area (Å²) in [6, 6.07) is 2.75. The van der Waals surface area contributed by atoms with Crippen LogP contribution in [0.15, 0.2) is 18.3 Å². The summed E-state index contributed by atoms with van der Waals surface area (Å²) in [5, 5.41) is 11.4. The van der Waals surface area contributed by atoms with Crippen molar-refractivity contribution in [1.29, 1.82) is 0 Å². The third kappa shape index (κ3) is 4.33. The summed E-state index contributed by atoms with van der Waals surface area (Å²) in [6.45, 7) is 1.67. The molecule has 0 spiro atoms. The third-order valence-corrected chi connectivity index (χ3v) is 2.83. The molecule has 1 aromatic rings. The molecule has 0 atom stereocenters. The first-order chi connectivity index (χ1) is 9.16. The Morgan fingerprint density at radius 3 is 2.79 bits per heavy atom. The lowest BCUT2D eigenvalue weighted by atomic mass is 10.2. The molecule has 0 radical (unpaired) electrons. The van der Waals surface area contributed by atoms with Crippen molar-refractivity contribution in [2.24, 2.45) is 5.92 Å². The van der Waals surface area contributed by atoms with E-state index in [0.717, 1.165) is 6.61 Å². The molecule has 1 fully saturated rings. The van der Waals surface area contributed by atoms with Crippen LogP contribution in [-0.2, 0) is 4.74 Å². The van der Waals surface area contributed by atoms with Gasteiger partial charge in [-0.3, -0.25) is 9.78 Å². The fraction of sp³-hybridized carbons (Fsp3) is 0.462. The number of rotatable bonds is 7. The number of ether oxygens (including phenoxy) is 1. The molecule has 1 aliphatic rings. The molecule has 102 valence electrons. The molecule has 6 nitrogen and oxygen atoms in total. The van der Waals surface area contributed by atoms with Gasteiger partial charge in [-0.1, -0.05) is 0 Å². The van der Waals surface area contributed by atoms with Gasteiger partial charge in [0.05, 0.1) is 12.2 Å². The zero-order chi connectivity index (χ0) is 13.7. The lowest BCUT2D eigenvalue weighted by Crippen LogP contribution is -2.28. The summed E-state index contributed by atoms with van der Waals surface area (Å²) < 4.78 is 5.38. The summed E-state index contributed by atoms with van der Waals surface area (Å²) in [4.78, 5) is 26.1. The Morgan fingerprint density at radius 1 is 1.42 bits per heavy atom. The minimum absolute atomic E-state index is 0.0596. The Morgan fingerprint density at radius 2 is 2.21 bits per heavy atom. The molecule has 0 aromatic carbocycles. The summed E-state index contributed by atoms with van der Waals surface area (Å²) >= 11 is 0. The van der Waals surface area contributed by atoms with Crippen LogP contribution in [0.3, 0.4) is 0 Å².